The summed E-state index contributed by atoms with van der Waals surface area (Å²) >= 11 is 0. The van der Waals surface area contributed by atoms with Crippen LogP contribution in [0.15, 0.2) is 12.2 Å². The van der Waals surface area contributed by atoms with Gasteiger partial charge in [0, 0.05) is 0 Å². The summed E-state index contributed by atoms with van der Waals surface area (Å²) in [5.74, 6) is 1.10. The van der Waals surface area contributed by atoms with Crippen LogP contribution < -0.4 is 0 Å². The highest BCUT2D eigenvalue weighted by Gasteiger charge is 2.27. The molecule has 1 rings (SSSR count). The molecule has 1 N–H and O–H groups in total. The normalized spacial score (nSPS) is 22.7. The van der Waals surface area contributed by atoms with Crippen LogP contribution in [0.5, 0.6) is 0 Å². The van der Waals surface area contributed by atoms with E-state index in [9.17, 15) is 5.11 Å². The zero-order valence-corrected chi connectivity index (χ0v) is 6.75. The van der Waals surface area contributed by atoms with Crippen LogP contribution in [0.3, 0.4) is 0 Å². The van der Waals surface area contributed by atoms with E-state index in [1.54, 1.807) is 0 Å². The first-order valence-corrected chi connectivity index (χ1v) is 4.16. The van der Waals surface area contributed by atoms with Crippen molar-refractivity contribution in [2.75, 3.05) is 0 Å². The Morgan fingerprint density at radius 3 is 2.20 bits per heavy atom. The van der Waals surface area contributed by atoms with Gasteiger partial charge in [-0.2, -0.15) is 0 Å². The fourth-order valence-electron chi connectivity index (χ4n) is 1.45. The summed E-state index contributed by atoms with van der Waals surface area (Å²) in [4.78, 5) is 0. The fraction of sp³-hybridized carbons (Fsp3) is 0.778. The molecule has 0 spiro atoms. The van der Waals surface area contributed by atoms with Gasteiger partial charge in [-0.05, 0) is 24.7 Å². The predicted octanol–water partition coefficient (Wildman–Crippen LogP) is 1.97. The molecular formula is C9H16O. The topological polar surface area (TPSA) is 20.2 Å². The van der Waals surface area contributed by atoms with E-state index in [0.717, 1.165) is 12.8 Å². The van der Waals surface area contributed by atoms with Gasteiger partial charge in [-0.1, -0.05) is 26.0 Å². The molecule has 0 fully saturated rings. The summed E-state index contributed by atoms with van der Waals surface area (Å²) in [5.41, 5.74) is 0. The van der Waals surface area contributed by atoms with Gasteiger partial charge in [-0.25, -0.2) is 0 Å². The number of hydrogen-bond acceptors (Lipinski definition) is 1. The first-order chi connectivity index (χ1) is 4.79. The molecule has 58 valence electrons. The van der Waals surface area contributed by atoms with Crippen LogP contribution >= 0.6 is 0 Å². The lowest BCUT2D eigenvalue weighted by molar-refractivity contribution is 0.0937. The number of rotatable bonds is 4. The van der Waals surface area contributed by atoms with Crippen molar-refractivity contribution in [1.82, 2.24) is 0 Å². The summed E-state index contributed by atoms with van der Waals surface area (Å²) in [6, 6.07) is 0. The second kappa shape index (κ2) is 3.20. The maximum Gasteiger partial charge on any atom is 0.0574 e. The second-order valence-corrected chi connectivity index (χ2v) is 3.01. The highest BCUT2D eigenvalue weighted by molar-refractivity contribution is 5.16. The van der Waals surface area contributed by atoms with Gasteiger partial charge in [0.25, 0.3) is 0 Å². The minimum absolute atomic E-state index is 0.0926. The van der Waals surface area contributed by atoms with E-state index >= 15 is 0 Å². The monoisotopic (exact) mass is 140 g/mol. The average molecular weight is 140 g/mol. The zero-order valence-electron chi connectivity index (χ0n) is 6.75. The van der Waals surface area contributed by atoms with Crippen LogP contribution in [0.25, 0.3) is 0 Å². The molecule has 0 aromatic rings. The summed E-state index contributed by atoms with van der Waals surface area (Å²) in [5, 5.41) is 9.49. The van der Waals surface area contributed by atoms with E-state index in [-0.39, 0.29) is 6.10 Å². The Hall–Kier alpha value is -0.300. The fourth-order valence-corrected chi connectivity index (χ4v) is 1.45. The molecule has 10 heavy (non-hydrogen) atoms. The van der Waals surface area contributed by atoms with Gasteiger partial charge < -0.3 is 5.11 Å². The number of aliphatic hydroxyl groups excluding tert-OH is 1. The van der Waals surface area contributed by atoms with Crippen molar-refractivity contribution in [3.63, 3.8) is 0 Å². The Bertz CT molecular complexity index is 123. The van der Waals surface area contributed by atoms with Crippen LogP contribution in [0.2, 0.25) is 0 Å². The van der Waals surface area contributed by atoms with Crippen LogP contribution in [-0.2, 0) is 0 Å². The van der Waals surface area contributed by atoms with Gasteiger partial charge in [0.2, 0.25) is 0 Å². The van der Waals surface area contributed by atoms with Gasteiger partial charge in [-0.15, -0.1) is 0 Å². The third kappa shape index (κ3) is 1.60. The largest absolute Gasteiger partial charge is 0.393 e. The summed E-state index contributed by atoms with van der Waals surface area (Å²) in [7, 11) is 0. The lowest BCUT2D eigenvalue weighted by Crippen LogP contribution is -2.20. The van der Waals surface area contributed by atoms with Crippen molar-refractivity contribution in [3.8, 4) is 0 Å². The van der Waals surface area contributed by atoms with Gasteiger partial charge in [0.1, 0.15) is 0 Å². The molecule has 1 heteroatoms. The highest BCUT2D eigenvalue weighted by Crippen LogP contribution is 2.31. The minimum Gasteiger partial charge on any atom is -0.393 e. The quantitative estimate of drug-likeness (QED) is 0.592. The molecule has 0 saturated carbocycles. The van der Waals surface area contributed by atoms with E-state index < -0.39 is 0 Å². The van der Waals surface area contributed by atoms with Crippen molar-refractivity contribution in [2.45, 2.75) is 32.8 Å². The lowest BCUT2D eigenvalue weighted by atomic mass is 9.91. The van der Waals surface area contributed by atoms with E-state index in [0.29, 0.717) is 11.8 Å². The Morgan fingerprint density at radius 2 is 1.90 bits per heavy atom. The molecule has 1 nitrogen and oxygen atoms in total. The summed E-state index contributed by atoms with van der Waals surface area (Å²) in [6.45, 7) is 4.18. The smallest absolute Gasteiger partial charge is 0.0574 e. The third-order valence-electron chi connectivity index (χ3n) is 2.29. The van der Waals surface area contributed by atoms with E-state index in [1.807, 2.05) is 6.92 Å². The molecule has 0 amide bonds. The molecule has 2 unspecified atom stereocenters. The SMILES string of the molecule is CCC(O)C(CC)C1C=C1. The van der Waals surface area contributed by atoms with Crippen LogP contribution in [-0.4, -0.2) is 11.2 Å². The maximum atomic E-state index is 9.49. The number of hydrogen-bond donors (Lipinski definition) is 1. The van der Waals surface area contributed by atoms with Crippen molar-refractivity contribution >= 4 is 0 Å². The van der Waals surface area contributed by atoms with E-state index in [1.165, 1.54) is 0 Å². The molecular weight excluding hydrogens is 124 g/mol. The van der Waals surface area contributed by atoms with Crippen molar-refractivity contribution in [2.24, 2.45) is 11.8 Å². The maximum absolute atomic E-state index is 9.49. The molecule has 0 radical (unpaired) electrons. The van der Waals surface area contributed by atoms with E-state index in [2.05, 4.69) is 19.1 Å². The van der Waals surface area contributed by atoms with E-state index in [4.69, 9.17) is 0 Å². The standard InChI is InChI=1S/C9H16O/c1-3-8(7-5-6-7)9(10)4-2/h5-10H,3-4H2,1-2H3. The Labute approximate surface area is 62.8 Å². The van der Waals surface area contributed by atoms with Gasteiger partial charge in [0.05, 0.1) is 6.10 Å². The summed E-state index contributed by atoms with van der Waals surface area (Å²) in [6.07, 6.45) is 6.23. The van der Waals surface area contributed by atoms with Crippen LogP contribution in [0.4, 0.5) is 0 Å². The molecule has 0 saturated heterocycles. The Balaban J connectivity index is 2.31. The molecule has 0 aromatic carbocycles. The molecule has 0 aromatic heterocycles. The van der Waals surface area contributed by atoms with Gasteiger partial charge in [0.15, 0.2) is 0 Å². The second-order valence-electron chi connectivity index (χ2n) is 3.01. The van der Waals surface area contributed by atoms with Crippen molar-refractivity contribution < 1.29 is 5.11 Å². The predicted molar refractivity (Wildman–Crippen MR) is 42.7 cm³/mol. The van der Waals surface area contributed by atoms with Crippen molar-refractivity contribution in [3.05, 3.63) is 12.2 Å². The highest BCUT2D eigenvalue weighted by atomic mass is 16.3. The summed E-state index contributed by atoms with van der Waals surface area (Å²) < 4.78 is 0. The Kier molecular flexibility index (Phi) is 2.50. The first kappa shape index (κ1) is 7.80. The Morgan fingerprint density at radius 1 is 1.30 bits per heavy atom. The zero-order chi connectivity index (χ0) is 7.56. The molecule has 2 atom stereocenters. The van der Waals surface area contributed by atoms with Crippen molar-refractivity contribution in [1.29, 1.82) is 0 Å². The third-order valence-corrected chi connectivity index (χ3v) is 2.29. The molecule has 0 bridgehead atoms. The van der Waals surface area contributed by atoms with Gasteiger partial charge in [-0.3, -0.25) is 0 Å². The van der Waals surface area contributed by atoms with Crippen LogP contribution in [0, 0.1) is 11.8 Å². The number of aliphatic hydroxyl groups is 1. The van der Waals surface area contributed by atoms with Gasteiger partial charge >= 0.3 is 0 Å². The molecule has 1 aliphatic carbocycles. The number of allylic oxidation sites excluding steroid dienone is 2. The first-order valence-electron chi connectivity index (χ1n) is 4.16. The minimum atomic E-state index is -0.0926. The molecule has 0 aliphatic heterocycles. The average Bonchev–Trinajstić information content (AvgIpc) is 2.73. The van der Waals surface area contributed by atoms with Crippen LogP contribution in [0.1, 0.15) is 26.7 Å². The molecule has 1 aliphatic rings. The lowest BCUT2D eigenvalue weighted by Gasteiger charge is -2.19. The molecule has 0 heterocycles.